The van der Waals surface area contributed by atoms with Crippen LogP contribution in [0, 0.1) is 0 Å². The number of nitrogens with zero attached hydrogens (tertiary/aromatic N) is 1. The molecule has 0 unspecified atom stereocenters. The predicted octanol–water partition coefficient (Wildman–Crippen LogP) is 9.71. The Hall–Kier alpha value is -5.86. The van der Waals surface area contributed by atoms with Gasteiger partial charge in [0.15, 0.2) is 0 Å². The van der Waals surface area contributed by atoms with Gasteiger partial charge in [0, 0.05) is 17.1 Å². The van der Waals surface area contributed by atoms with Gasteiger partial charge in [-0.25, -0.2) is 0 Å². The highest BCUT2D eigenvalue weighted by Crippen LogP contribution is 2.48. The van der Waals surface area contributed by atoms with Crippen molar-refractivity contribution in [2.45, 2.75) is 0 Å². The normalized spacial score (nSPS) is 13.6. The average Bonchev–Trinajstić information content (AvgIpc) is 3.13. The van der Waals surface area contributed by atoms with Gasteiger partial charge in [0.05, 0.1) is 0 Å². The van der Waals surface area contributed by atoms with E-state index in [1.54, 1.807) is 0 Å². The third kappa shape index (κ3) is 2.64. The SMILES string of the molecule is c1cc2c3c(c1)-c1cccc4ccc5c(c14)B3c1c(ccc3cccc-2c13)N5c1ccc2c3ccccc3c3ccccc3c2c1. The molecule has 3 aliphatic heterocycles. The first-order valence-corrected chi connectivity index (χ1v) is 16.2. The maximum absolute atomic E-state index is 2.57. The molecule has 0 N–H and O–H groups in total. The van der Waals surface area contributed by atoms with Crippen LogP contribution in [0.2, 0.25) is 0 Å². The molecule has 1 nitrogen and oxygen atoms in total. The van der Waals surface area contributed by atoms with Crippen LogP contribution in [0.4, 0.5) is 17.1 Å². The van der Waals surface area contributed by atoms with Crippen LogP contribution in [0.5, 0.6) is 0 Å². The molecule has 0 radical (unpaired) electrons. The quantitative estimate of drug-likeness (QED) is 0.139. The number of benzene rings is 9. The summed E-state index contributed by atoms with van der Waals surface area (Å²) >= 11 is 0. The summed E-state index contributed by atoms with van der Waals surface area (Å²) in [4.78, 5) is 2.57. The number of fused-ring (bicyclic) bond motifs is 8. The Morgan fingerprint density at radius 2 is 0.826 bits per heavy atom. The van der Waals surface area contributed by atoms with E-state index in [9.17, 15) is 0 Å². The second kappa shape index (κ2) is 8.04. The molecular formula is C44H24BN. The van der Waals surface area contributed by atoms with Crippen LogP contribution in [-0.4, -0.2) is 6.71 Å². The van der Waals surface area contributed by atoms with Crippen molar-refractivity contribution in [3.63, 3.8) is 0 Å². The van der Waals surface area contributed by atoms with E-state index in [1.165, 1.54) is 110 Å². The first-order valence-electron chi connectivity index (χ1n) is 16.2. The topological polar surface area (TPSA) is 3.24 Å². The Bertz CT molecular complexity index is 2730. The molecule has 46 heavy (non-hydrogen) atoms. The van der Waals surface area contributed by atoms with E-state index < -0.39 is 0 Å². The average molecular weight is 577 g/mol. The summed E-state index contributed by atoms with van der Waals surface area (Å²) in [5.41, 5.74) is 13.6. The predicted molar refractivity (Wildman–Crippen MR) is 198 cm³/mol. The van der Waals surface area contributed by atoms with Crippen molar-refractivity contribution in [3.8, 4) is 22.3 Å². The lowest BCUT2D eigenvalue weighted by Crippen LogP contribution is -2.61. The molecule has 0 fully saturated rings. The summed E-state index contributed by atoms with van der Waals surface area (Å²) in [6.07, 6.45) is 0. The van der Waals surface area contributed by atoms with E-state index in [2.05, 4.69) is 150 Å². The van der Waals surface area contributed by atoms with Crippen molar-refractivity contribution in [3.05, 3.63) is 146 Å². The molecule has 0 spiro atoms. The fourth-order valence-corrected chi connectivity index (χ4v) is 9.44. The van der Waals surface area contributed by atoms with Gasteiger partial charge in [-0.3, -0.25) is 0 Å². The minimum absolute atomic E-state index is 0.204. The Morgan fingerprint density at radius 3 is 1.39 bits per heavy atom. The Kier molecular flexibility index (Phi) is 4.11. The van der Waals surface area contributed by atoms with Crippen molar-refractivity contribution in [1.29, 1.82) is 0 Å². The molecule has 0 saturated carbocycles. The molecule has 208 valence electrons. The lowest BCUT2D eigenvalue weighted by Gasteiger charge is -2.43. The second-order valence-corrected chi connectivity index (χ2v) is 13.2. The molecule has 0 atom stereocenters. The lowest BCUT2D eigenvalue weighted by molar-refractivity contribution is 1.31. The summed E-state index contributed by atoms with van der Waals surface area (Å²) in [6, 6.07) is 55.0. The van der Waals surface area contributed by atoms with Crippen molar-refractivity contribution >= 4 is 94.0 Å². The van der Waals surface area contributed by atoms with Gasteiger partial charge in [-0.2, -0.15) is 0 Å². The molecule has 0 aromatic heterocycles. The van der Waals surface area contributed by atoms with Gasteiger partial charge in [-0.1, -0.05) is 127 Å². The third-order valence-electron chi connectivity index (χ3n) is 11.1. The van der Waals surface area contributed by atoms with E-state index in [1.807, 2.05) is 0 Å². The molecular weight excluding hydrogens is 553 g/mol. The van der Waals surface area contributed by atoms with Crippen LogP contribution in [-0.2, 0) is 0 Å². The molecule has 0 saturated heterocycles. The maximum atomic E-state index is 2.57. The molecule has 0 bridgehead atoms. The smallest absolute Gasteiger partial charge is 0.249 e. The highest BCUT2D eigenvalue weighted by Gasteiger charge is 2.45. The first-order chi connectivity index (χ1) is 22.8. The van der Waals surface area contributed by atoms with Gasteiger partial charge in [0.25, 0.3) is 0 Å². The minimum Gasteiger partial charge on any atom is -0.311 e. The summed E-state index contributed by atoms with van der Waals surface area (Å²) < 4.78 is 0. The monoisotopic (exact) mass is 577 g/mol. The van der Waals surface area contributed by atoms with Crippen LogP contribution in [0.15, 0.2) is 146 Å². The van der Waals surface area contributed by atoms with Gasteiger partial charge in [-0.05, 0) is 111 Å². The second-order valence-electron chi connectivity index (χ2n) is 13.2. The lowest BCUT2D eigenvalue weighted by atomic mass is 9.29. The summed E-state index contributed by atoms with van der Waals surface area (Å²) in [5.74, 6) is 0. The fourth-order valence-electron chi connectivity index (χ4n) is 9.44. The number of rotatable bonds is 1. The van der Waals surface area contributed by atoms with Gasteiger partial charge >= 0.3 is 0 Å². The molecule has 0 aliphatic carbocycles. The van der Waals surface area contributed by atoms with Crippen molar-refractivity contribution in [1.82, 2.24) is 0 Å². The Labute approximate surface area is 266 Å². The summed E-state index contributed by atoms with van der Waals surface area (Å²) in [7, 11) is 0. The van der Waals surface area contributed by atoms with E-state index in [0.29, 0.717) is 0 Å². The van der Waals surface area contributed by atoms with E-state index >= 15 is 0 Å². The highest BCUT2D eigenvalue weighted by atomic mass is 15.2. The zero-order valence-electron chi connectivity index (χ0n) is 24.9. The number of anilines is 3. The maximum Gasteiger partial charge on any atom is 0.249 e. The highest BCUT2D eigenvalue weighted by molar-refractivity contribution is 7.03. The Morgan fingerprint density at radius 1 is 0.348 bits per heavy atom. The van der Waals surface area contributed by atoms with Gasteiger partial charge in [0.1, 0.15) is 0 Å². The van der Waals surface area contributed by atoms with Crippen molar-refractivity contribution < 1.29 is 0 Å². The number of hydrogen-bond donors (Lipinski definition) is 0. The fraction of sp³-hybridized carbons (Fsp3) is 0. The van der Waals surface area contributed by atoms with Gasteiger partial charge in [-0.15, -0.1) is 0 Å². The first kappa shape index (κ1) is 23.5. The zero-order chi connectivity index (χ0) is 29.7. The largest absolute Gasteiger partial charge is 0.311 e. The van der Waals surface area contributed by atoms with Gasteiger partial charge in [0.2, 0.25) is 6.71 Å². The third-order valence-corrected chi connectivity index (χ3v) is 11.1. The van der Waals surface area contributed by atoms with E-state index in [-0.39, 0.29) is 6.71 Å². The van der Waals surface area contributed by atoms with Crippen LogP contribution in [0.1, 0.15) is 0 Å². The van der Waals surface area contributed by atoms with Crippen LogP contribution in [0.25, 0.3) is 76.1 Å². The van der Waals surface area contributed by atoms with E-state index in [4.69, 9.17) is 0 Å². The number of hydrogen-bond acceptors (Lipinski definition) is 1. The molecule has 3 aliphatic rings. The zero-order valence-corrected chi connectivity index (χ0v) is 24.9. The van der Waals surface area contributed by atoms with Crippen molar-refractivity contribution in [2.75, 3.05) is 4.90 Å². The van der Waals surface area contributed by atoms with Crippen LogP contribution in [0.3, 0.4) is 0 Å². The molecule has 3 heterocycles. The van der Waals surface area contributed by atoms with Crippen LogP contribution >= 0.6 is 0 Å². The molecule has 9 aromatic carbocycles. The minimum atomic E-state index is 0.204. The molecule has 9 aromatic rings. The van der Waals surface area contributed by atoms with Crippen molar-refractivity contribution in [2.24, 2.45) is 0 Å². The van der Waals surface area contributed by atoms with Gasteiger partial charge < -0.3 is 4.90 Å². The summed E-state index contributed by atoms with van der Waals surface area (Å²) in [5, 5.41) is 13.3. The van der Waals surface area contributed by atoms with Crippen LogP contribution < -0.4 is 21.3 Å². The summed E-state index contributed by atoms with van der Waals surface area (Å²) in [6.45, 7) is 0.204. The molecule has 12 rings (SSSR count). The standard InChI is InChI=1S/C44H24BN/c1-2-12-30-28(10-1)29-11-3-4-13-31(29)37-24-27(20-21-32(30)37)46-38-22-18-25-8-5-14-33-35-16-7-17-36-34-15-6-9-26-19-23-39(46)44(41(26)34)45(42(35)36)43(38)40(25)33/h1-24H. The molecule has 2 heteroatoms. The molecule has 0 amide bonds. The Balaban J connectivity index is 1.26. The van der Waals surface area contributed by atoms with E-state index in [0.717, 1.165) is 0 Å².